The van der Waals surface area contributed by atoms with Gasteiger partial charge >= 0.3 is 6.03 Å². The average molecular weight is 634 g/mol. The van der Waals surface area contributed by atoms with Crippen molar-refractivity contribution >= 4 is 72.2 Å². The summed E-state index contributed by atoms with van der Waals surface area (Å²) in [5.41, 5.74) is 3.83. The van der Waals surface area contributed by atoms with Crippen molar-refractivity contribution in [2.45, 2.75) is 20.5 Å². The lowest BCUT2D eigenvalue weighted by Gasteiger charge is -2.27. The van der Waals surface area contributed by atoms with Gasteiger partial charge in [-0.2, -0.15) is 0 Å². The first kappa shape index (κ1) is 25.9. The molecule has 0 radical (unpaired) electrons. The Labute approximate surface area is 236 Å². The second-order valence-electron chi connectivity index (χ2n) is 8.95. The molecule has 1 saturated heterocycles. The maximum Gasteiger partial charge on any atom is 0.335 e. The number of aryl methyl sites for hydroxylation is 2. The van der Waals surface area contributed by atoms with Gasteiger partial charge in [-0.25, -0.2) is 9.69 Å². The number of hydrogen-bond acceptors (Lipinski definition) is 4. The van der Waals surface area contributed by atoms with Gasteiger partial charge in [-0.05, 0) is 93.6 Å². The van der Waals surface area contributed by atoms with Crippen LogP contribution in [0.15, 0.2) is 87.3 Å². The molecule has 190 valence electrons. The predicted molar refractivity (Wildman–Crippen MR) is 155 cm³/mol. The standard InChI is InChI=1S/C30H22Br2N2O4/c1-17-7-9-20-5-3-4-6-22(20)24(17)16-38-27-12-8-19(15-25(27)32)14-23-28(35)33-30(37)34(29(23)36)26-11-10-21(31)13-18(26)2/h3-15H,16H2,1-2H3,(H,33,35,37)/b23-14-. The topological polar surface area (TPSA) is 75.7 Å². The summed E-state index contributed by atoms with van der Waals surface area (Å²) in [5.74, 6) is -0.804. The van der Waals surface area contributed by atoms with E-state index in [-0.39, 0.29) is 5.57 Å². The van der Waals surface area contributed by atoms with E-state index < -0.39 is 17.8 Å². The molecule has 8 heteroatoms. The Hall–Kier alpha value is -3.75. The van der Waals surface area contributed by atoms with Crippen LogP contribution < -0.4 is 15.0 Å². The molecule has 4 aromatic rings. The van der Waals surface area contributed by atoms with Crippen LogP contribution in [0.1, 0.15) is 22.3 Å². The molecule has 4 aromatic carbocycles. The van der Waals surface area contributed by atoms with Crippen molar-refractivity contribution in [2.75, 3.05) is 4.90 Å². The molecule has 0 aliphatic carbocycles. The van der Waals surface area contributed by atoms with Crippen molar-refractivity contribution < 1.29 is 19.1 Å². The van der Waals surface area contributed by atoms with Gasteiger partial charge in [-0.15, -0.1) is 0 Å². The Morgan fingerprint density at radius 2 is 1.68 bits per heavy atom. The maximum atomic E-state index is 13.3. The van der Waals surface area contributed by atoms with Crippen molar-refractivity contribution in [3.8, 4) is 5.75 Å². The van der Waals surface area contributed by atoms with Crippen LogP contribution in [0.25, 0.3) is 16.8 Å². The molecule has 0 unspecified atom stereocenters. The van der Waals surface area contributed by atoms with Gasteiger partial charge in [0.1, 0.15) is 17.9 Å². The van der Waals surface area contributed by atoms with Gasteiger partial charge in [0, 0.05) is 10.0 Å². The van der Waals surface area contributed by atoms with E-state index in [1.54, 1.807) is 43.3 Å². The van der Waals surface area contributed by atoms with E-state index in [9.17, 15) is 14.4 Å². The zero-order valence-electron chi connectivity index (χ0n) is 20.5. The number of imide groups is 2. The lowest BCUT2D eigenvalue weighted by atomic mass is 10.0. The van der Waals surface area contributed by atoms with Crippen LogP contribution in [-0.2, 0) is 16.2 Å². The number of fused-ring (bicyclic) bond motifs is 1. The van der Waals surface area contributed by atoms with Gasteiger partial charge in [0.2, 0.25) is 0 Å². The van der Waals surface area contributed by atoms with E-state index in [1.165, 1.54) is 6.08 Å². The molecule has 1 heterocycles. The molecule has 0 atom stereocenters. The van der Waals surface area contributed by atoms with Crippen LogP contribution >= 0.6 is 31.9 Å². The van der Waals surface area contributed by atoms with Crippen LogP contribution in [0, 0.1) is 13.8 Å². The summed E-state index contributed by atoms with van der Waals surface area (Å²) in [4.78, 5) is 39.4. The van der Waals surface area contributed by atoms with Gasteiger partial charge in [0.15, 0.2) is 0 Å². The number of barbiturate groups is 1. The van der Waals surface area contributed by atoms with Crippen molar-refractivity contribution in [1.29, 1.82) is 0 Å². The largest absolute Gasteiger partial charge is 0.488 e. The minimum Gasteiger partial charge on any atom is -0.488 e. The zero-order chi connectivity index (χ0) is 27.0. The van der Waals surface area contributed by atoms with Gasteiger partial charge in [-0.3, -0.25) is 14.9 Å². The molecule has 4 amide bonds. The number of amides is 4. The molecule has 6 nitrogen and oxygen atoms in total. The number of rotatable bonds is 5. The van der Waals surface area contributed by atoms with Crippen molar-refractivity contribution in [1.82, 2.24) is 5.32 Å². The highest BCUT2D eigenvalue weighted by Crippen LogP contribution is 2.31. The Bertz CT molecular complexity index is 1660. The third-order valence-corrected chi connectivity index (χ3v) is 7.53. The molecule has 0 spiro atoms. The van der Waals surface area contributed by atoms with Gasteiger partial charge in [0.05, 0.1) is 10.2 Å². The van der Waals surface area contributed by atoms with Crippen LogP contribution in [0.3, 0.4) is 0 Å². The minimum absolute atomic E-state index is 0.140. The number of nitrogens with one attached hydrogen (secondary N) is 1. The third kappa shape index (κ3) is 5.01. The summed E-state index contributed by atoms with van der Waals surface area (Å²) in [6, 6.07) is 22.1. The number of hydrogen-bond donors (Lipinski definition) is 1. The normalized spacial score (nSPS) is 14.8. The van der Waals surface area contributed by atoms with E-state index in [1.807, 2.05) is 12.1 Å². The summed E-state index contributed by atoms with van der Waals surface area (Å²) >= 11 is 6.93. The fourth-order valence-corrected chi connectivity index (χ4v) is 5.41. The Morgan fingerprint density at radius 1 is 0.895 bits per heavy atom. The highest BCUT2D eigenvalue weighted by Gasteiger charge is 2.37. The number of anilines is 1. The van der Waals surface area contributed by atoms with E-state index in [0.29, 0.717) is 33.6 Å². The zero-order valence-corrected chi connectivity index (χ0v) is 23.7. The summed E-state index contributed by atoms with van der Waals surface area (Å²) in [6.45, 7) is 4.23. The van der Waals surface area contributed by atoms with E-state index in [4.69, 9.17) is 4.74 Å². The third-order valence-electron chi connectivity index (χ3n) is 6.42. The number of carbonyl (C=O) groups excluding carboxylic acids is 3. The van der Waals surface area contributed by atoms with Crippen LogP contribution in [0.5, 0.6) is 5.75 Å². The fourth-order valence-electron chi connectivity index (χ4n) is 4.42. The maximum absolute atomic E-state index is 13.3. The van der Waals surface area contributed by atoms with Gasteiger partial charge in [-0.1, -0.05) is 58.4 Å². The summed E-state index contributed by atoms with van der Waals surface area (Å²) in [5, 5.41) is 4.56. The SMILES string of the molecule is Cc1cc(Br)ccc1N1C(=O)NC(=O)/C(=C/c2ccc(OCc3c(C)ccc4ccccc34)c(Br)c2)C1=O. The first-order valence-corrected chi connectivity index (χ1v) is 13.4. The molecule has 0 saturated carbocycles. The van der Waals surface area contributed by atoms with Crippen LogP contribution in [0.2, 0.25) is 0 Å². The number of nitrogens with zero attached hydrogens (tertiary/aromatic N) is 1. The average Bonchev–Trinajstić information content (AvgIpc) is 2.88. The number of ether oxygens (including phenoxy) is 1. The van der Waals surface area contributed by atoms with Gasteiger partial charge < -0.3 is 4.74 Å². The number of benzene rings is 4. The molecule has 0 aromatic heterocycles. The van der Waals surface area contributed by atoms with Crippen molar-refractivity contribution in [2.24, 2.45) is 0 Å². The number of halogens is 2. The Balaban J connectivity index is 1.40. The molecule has 1 fully saturated rings. The smallest absolute Gasteiger partial charge is 0.335 e. The molecule has 1 aliphatic heterocycles. The Kier molecular flexibility index (Phi) is 7.19. The van der Waals surface area contributed by atoms with Gasteiger partial charge in [0.25, 0.3) is 11.8 Å². The van der Waals surface area contributed by atoms with Crippen molar-refractivity contribution in [3.05, 3.63) is 110 Å². The molecular weight excluding hydrogens is 612 g/mol. The molecule has 1 aliphatic rings. The summed E-state index contributed by atoms with van der Waals surface area (Å²) in [6.07, 6.45) is 1.47. The molecule has 5 rings (SSSR count). The van der Waals surface area contributed by atoms with E-state index in [2.05, 4.69) is 68.4 Å². The first-order chi connectivity index (χ1) is 18.2. The van der Waals surface area contributed by atoms with Crippen LogP contribution in [0.4, 0.5) is 10.5 Å². The van der Waals surface area contributed by atoms with Crippen molar-refractivity contribution in [3.63, 3.8) is 0 Å². The second kappa shape index (κ2) is 10.6. The monoisotopic (exact) mass is 632 g/mol. The lowest BCUT2D eigenvalue weighted by Crippen LogP contribution is -2.54. The Morgan fingerprint density at radius 3 is 2.45 bits per heavy atom. The first-order valence-electron chi connectivity index (χ1n) is 11.8. The summed E-state index contributed by atoms with van der Waals surface area (Å²) in [7, 11) is 0. The van der Waals surface area contributed by atoms with Crippen LogP contribution in [-0.4, -0.2) is 17.8 Å². The lowest BCUT2D eigenvalue weighted by molar-refractivity contribution is -0.122. The molecule has 0 bridgehead atoms. The molecule has 1 N–H and O–H groups in total. The predicted octanol–water partition coefficient (Wildman–Crippen LogP) is 7.23. The van der Waals surface area contributed by atoms with E-state index in [0.717, 1.165) is 31.3 Å². The summed E-state index contributed by atoms with van der Waals surface area (Å²) < 4.78 is 7.63. The molecular formula is C30H22Br2N2O4. The fraction of sp³-hybridized carbons (Fsp3) is 0.100. The van der Waals surface area contributed by atoms with E-state index >= 15 is 0 Å². The minimum atomic E-state index is -0.781. The number of carbonyl (C=O) groups is 3. The molecule has 38 heavy (non-hydrogen) atoms. The highest BCUT2D eigenvalue weighted by molar-refractivity contribution is 9.10. The second-order valence-corrected chi connectivity index (χ2v) is 10.7. The number of urea groups is 1. The highest BCUT2D eigenvalue weighted by atomic mass is 79.9. The quantitative estimate of drug-likeness (QED) is 0.186.